The van der Waals surface area contributed by atoms with Gasteiger partial charge in [-0.1, -0.05) is 33.5 Å². The van der Waals surface area contributed by atoms with Crippen molar-refractivity contribution in [3.63, 3.8) is 0 Å². The second-order valence-electron chi connectivity index (χ2n) is 9.12. The van der Waals surface area contributed by atoms with Crippen LogP contribution in [0.1, 0.15) is 42.5 Å². The van der Waals surface area contributed by atoms with Crippen molar-refractivity contribution in [2.24, 2.45) is 17.3 Å². The molecule has 0 aromatic carbocycles. The van der Waals surface area contributed by atoms with Crippen molar-refractivity contribution >= 4 is 14.0 Å². The van der Waals surface area contributed by atoms with Crippen molar-refractivity contribution in [2.75, 3.05) is 13.2 Å². The monoisotopic (exact) mass is 364 g/mol. The molecule has 0 unspecified atom stereocenters. The van der Waals surface area contributed by atoms with Gasteiger partial charge in [-0.25, -0.2) is 9.48 Å². The molecule has 0 spiro atoms. The molecule has 6 heteroatoms. The predicted octanol–water partition coefficient (Wildman–Crippen LogP) is 3.74. The molecule has 0 amide bonds. The van der Waals surface area contributed by atoms with Crippen LogP contribution in [0.3, 0.4) is 0 Å². The van der Waals surface area contributed by atoms with Crippen molar-refractivity contribution < 1.29 is 14.3 Å². The van der Waals surface area contributed by atoms with E-state index in [1.807, 2.05) is 11.6 Å². The Morgan fingerprint density at radius 1 is 1.40 bits per heavy atom. The predicted molar refractivity (Wildman–Crippen MR) is 100 cm³/mol. The molecule has 0 radical (unpaired) electrons. The van der Waals surface area contributed by atoms with Crippen LogP contribution in [0.4, 0.5) is 0 Å². The first-order chi connectivity index (χ1) is 11.7. The van der Waals surface area contributed by atoms with Gasteiger partial charge in [0.1, 0.15) is 6.73 Å². The van der Waals surface area contributed by atoms with Gasteiger partial charge in [0.05, 0.1) is 6.61 Å². The third kappa shape index (κ3) is 3.56. The van der Waals surface area contributed by atoms with Gasteiger partial charge in [-0.15, -0.1) is 0 Å². The molecule has 140 valence electrons. The molecule has 0 bridgehead atoms. The van der Waals surface area contributed by atoms with Gasteiger partial charge in [0.25, 0.3) is 0 Å². The summed E-state index contributed by atoms with van der Waals surface area (Å²) in [4.78, 5) is 12.3. The van der Waals surface area contributed by atoms with Crippen LogP contribution in [0.2, 0.25) is 25.7 Å². The standard InChI is InChI=1S/C19H32N2O3Si/c1-7-24-18(22)17-14-10-15-13(2)19(15,3)11-16(14)21(20-17)12-23-8-9-25(4,5)6/h13,15H,7-12H2,1-6H3/t13-,15+,19-/m0/s1. The third-order valence-corrected chi connectivity index (χ3v) is 7.90. The van der Waals surface area contributed by atoms with Crippen LogP contribution in [0.25, 0.3) is 0 Å². The lowest BCUT2D eigenvalue weighted by molar-refractivity contribution is 0.0509. The summed E-state index contributed by atoms with van der Waals surface area (Å²) < 4.78 is 13.1. The Morgan fingerprint density at radius 3 is 2.76 bits per heavy atom. The molecular formula is C19H32N2O3Si. The van der Waals surface area contributed by atoms with E-state index in [0.29, 0.717) is 36.3 Å². The number of nitrogens with zero attached hydrogens (tertiary/aromatic N) is 2. The van der Waals surface area contributed by atoms with Crippen molar-refractivity contribution in [1.82, 2.24) is 9.78 Å². The number of fused-ring (bicyclic) bond motifs is 2. The highest BCUT2D eigenvalue weighted by Crippen LogP contribution is 2.64. The highest BCUT2D eigenvalue weighted by atomic mass is 28.3. The zero-order valence-electron chi connectivity index (χ0n) is 16.5. The van der Waals surface area contributed by atoms with Crippen LogP contribution in [-0.2, 0) is 29.0 Å². The molecule has 3 rings (SSSR count). The van der Waals surface area contributed by atoms with E-state index in [1.165, 1.54) is 5.69 Å². The van der Waals surface area contributed by atoms with Crippen molar-refractivity contribution in [3.8, 4) is 0 Å². The molecule has 1 aromatic heterocycles. The van der Waals surface area contributed by atoms with E-state index in [9.17, 15) is 4.79 Å². The molecule has 0 aliphatic heterocycles. The molecule has 1 heterocycles. The molecule has 25 heavy (non-hydrogen) atoms. The summed E-state index contributed by atoms with van der Waals surface area (Å²) in [6, 6.07) is 1.14. The second-order valence-corrected chi connectivity index (χ2v) is 14.7. The molecule has 1 fully saturated rings. The van der Waals surface area contributed by atoms with Gasteiger partial charge in [0.15, 0.2) is 5.69 Å². The molecular weight excluding hydrogens is 332 g/mol. The highest BCUT2D eigenvalue weighted by molar-refractivity contribution is 6.76. The molecule has 3 atom stereocenters. The van der Waals surface area contributed by atoms with E-state index < -0.39 is 8.07 Å². The summed E-state index contributed by atoms with van der Waals surface area (Å²) in [7, 11) is -1.10. The van der Waals surface area contributed by atoms with Crippen LogP contribution in [0.5, 0.6) is 0 Å². The second kappa shape index (κ2) is 6.54. The Labute approximate surface area is 152 Å². The minimum Gasteiger partial charge on any atom is -0.461 e. The van der Waals surface area contributed by atoms with Gasteiger partial charge < -0.3 is 9.47 Å². The SMILES string of the molecule is CCOC(=O)c1nn(COCC[Si](C)(C)C)c2c1C[C@@H]1[C@H](C)[C@]1(C)C2. The summed E-state index contributed by atoms with van der Waals surface area (Å²) in [5, 5.41) is 4.58. The third-order valence-electron chi connectivity index (χ3n) is 6.20. The van der Waals surface area contributed by atoms with E-state index >= 15 is 0 Å². The Balaban J connectivity index is 1.78. The molecule has 0 N–H and O–H groups in total. The smallest absolute Gasteiger partial charge is 0.359 e. The first kappa shape index (κ1) is 18.6. The number of hydrogen-bond acceptors (Lipinski definition) is 4. The van der Waals surface area contributed by atoms with Crippen molar-refractivity contribution in [1.29, 1.82) is 0 Å². The average Bonchev–Trinajstić information content (AvgIpc) is 2.88. The number of ether oxygens (including phenoxy) is 2. The van der Waals surface area contributed by atoms with Crippen LogP contribution in [-0.4, -0.2) is 37.0 Å². The van der Waals surface area contributed by atoms with E-state index in [0.717, 1.165) is 31.1 Å². The highest BCUT2D eigenvalue weighted by Gasteiger charge is 2.61. The van der Waals surface area contributed by atoms with Crippen LogP contribution < -0.4 is 0 Å². The topological polar surface area (TPSA) is 53.3 Å². The van der Waals surface area contributed by atoms with Gasteiger partial charge in [0, 0.05) is 25.9 Å². The normalized spacial score (nSPS) is 27.6. The lowest BCUT2D eigenvalue weighted by Crippen LogP contribution is -2.23. The number of hydrogen-bond donors (Lipinski definition) is 0. The maximum absolute atomic E-state index is 12.3. The number of aromatic nitrogens is 2. The molecule has 5 nitrogen and oxygen atoms in total. The van der Waals surface area contributed by atoms with Gasteiger partial charge in [-0.3, -0.25) is 0 Å². The summed E-state index contributed by atoms with van der Waals surface area (Å²) in [6.07, 6.45) is 1.92. The summed E-state index contributed by atoms with van der Waals surface area (Å²) in [5.41, 5.74) is 3.14. The first-order valence-electron chi connectivity index (χ1n) is 9.51. The Morgan fingerprint density at radius 2 is 2.12 bits per heavy atom. The number of rotatable bonds is 7. The van der Waals surface area contributed by atoms with E-state index in [2.05, 4.69) is 38.6 Å². The maximum Gasteiger partial charge on any atom is 0.359 e. The lowest BCUT2D eigenvalue weighted by Gasteiger charge is -2.20. The number of carbonyl (C=O) groups is 1. The fourth-order valence-corrected chi connectivity index (χ4v) is 4.90. The Bertz CT molecular complexity index is 664. The quantitative estimate of drug-likeness (QED) is 0.420. The fraction of sp³-hybridized carbons (Fsp3) is 0.789. The van der Waals surface area contributed by atoms with Gasteiger partial charge in [-0.05, 0) is 43.1 Å². The Kier molecular flexibility index (Phi) is 4.88. The van der Waals surface area contributed by atoms with E-state index in [-0.39, 0.29) is 5.97 Å². The number of esters is 1. The largest absolute Gasteiger partial charge is 0.461 e. The minimum atomic E-state index is -1.10. The molecule has 2 aliphatic rings. The van der Waals surface area contributed by atoms with Crippen LogP contribution in [0.15, 0.2) is 0 Å². The van der Waals surface area contributed by atoms with E-state index in [4.69, 9.17) is 9.47 Å². The zero-order valence-corrected chi connectivity index (χ0v) is 17.5. The van der Waals surface area contributed by atoms with E-state index in [1.54, 1.807) is 0 Å². The first-order valence-corrected chi connectivity index (χ1v) is 13.2. The zero-order chi connectivity index (χ0) is 18.4. The van der Waals surface area contributed by atoms with Gasteiger partial charge in [0.2, 0.25) is 0 Å². The Hall–Kier alpha value is -1.14. The molecule has 0 saturated heterocycles. The number of carbonyl (C=O) groups excluding carboxylic acids is 1. The summed E-state index contributed by atoms with van der Waals surface area (Å²) in [6.45, 7) is 15.1. The summed E-state index contributed by atoms with van der Waals surface area (Å²) in [5.74, 6) is 1.08. The summed E-state index contributed by atoms with van der Waals surface area (Å²) >= 11 is 0. The average molecular weight is 365 g/mol. The fourth-order valence-electron chi connectivity index (χ4n) is 4.14. The molecule has 1 saturated carbocycles. The lowest BCUT2D eigenvalue weighted by atomic mass is 9.87. The molecule has 1 aromatic rings. The minimum absolute atomic E-state index is 0.295. The van der Waals surface area contributed by atoms with Crippen molar-refractivity contribution in [2.45, 2.75) is 66.0 Å². The van der Waals surface area contributed by atoms with Crippen LogP contribution >= 0.6 is 0 Å². The van der Waals surface area contributed by atoms with Gasteiger partial charge in [-0.2, -0.15) is 5.10 Å². The van der Waals surface area contributed by atoms with Crippen molar-refractivity contribution in [3.05, 3.63) is 17.0 Å². The maximum atomic E-state index is 12.3. The van der Waals surface area contributed by atoms with Crippen LogP contribution in [0, 0.1) is 17.3 Å². The molecule has 2 aliphatic carbocycles. The van der Waals surface area contributed by atoms with Gasteiger partial charge >= 0.3 is 5.97 Å².